The van der Waals surface area contributed by atoms with Crippen molar-refractivity contribution in [3.8, 4) is 23.0 Å². The summed E-state index contributed by atoms with van der Waals surface area (Å²) < 4.78 is 24.8. The van der Waals surface area contributed by atoms with E-state index in [1.165, 1.54) is 5.57 Å². The standard InChI is InChI=1S/C22H24B2O4/c1-22(2,3)15-12-13-16(23-25-18-8-4-5-9-19(18)26-23)17(14-15)24-27-20-10-6-7-11-21(20)28-24/h4-12,16-17H,13-14H2,1-3H3/t16-,17-/m0/s1. The number of allylic oxidation sites excluding steroid dienone is 2. The SMILES string of the molecule is CC(C)(C)C1=CC[C@H](B2Oc3ccccc3O2)[C@@H](B2Oc3ccccc3O2)C1. The van der Waals surface area contributed by atoms with Crippen molar-refractivity contribution in [2.75, 3.05) is 0 Å². The summed E-state index contributed by atoms with van der Waals surface area (Å²) in [5.74, 6) is 3.55. The third-order valence-corrected chi connectivity index (χ3v) is 5.98. The zero-order chi connectivity index (χ0) is 19.3. The van der Waals surface area contributed by atoms with Gasteiger partial charge in [-0.3, -0.25) is 0 Å². The summed E-state index contributed by atoms with van der Waals surface area (Å²) in [5, 5.41) is 0. The second-order valence-electron chi connectivity index (χ2n) is 8.85. The lowest BCUT2D eigenvalue weighted by Gasteiger charge is -2.35. The van der Waals surface area contributed by atoms with Crippen LogP contribution in [0, 0.1) is 5.41 Å². The first-order valence-electron chi connectivity index (χ1n) is 10.0. The van der Waals surface area contributed by atoms with Crippen molar-refractivity contribution >= 4 is 14.2 Å². The maximum absolute atomic E-state index is 6.21. The van der Waals surface area contributed by atoms with E-state index in [0.29, 0.717) is 0 Å². The van der Waals surface area contributed by atoms with Crippen molar-refractivity contribution in [3.05, 3.63) is 60.2 Å². The molecule has 2 heterocycles. The van der Waals surface area contributed by atoms with Crippen LogP contribution in [0.5, 0.6) is 23.0 Å². The first kappa shape index (κ1) is 17.6. The van der Waals surface area contributed by atoms with E-state index >= 15 is 0 Å². The maximum atomic E-state index is 6.21. The van der Waals surface area contributed by atoms with Gasteiger partial charge in [0.1, 0.15) is 23.0 Å². The van der Waals surface area contributed by atoms with Crippen molar-refractivity contribution in [3.63, 3.8) is 0 Å². The molecule has 0 radical (unpaired) electrons. The van der Waals surface area contributed by atoms with Crippen LogP contribution in [0.4, 0.5) is 0 Å². The van der Waals surface area contributed by atoms with Crippen LogP contribution in [0.2, 0.25) is 11.6 Å². The van der Waals surface area contributed by atoms with Gasteiger partial charge in [-0.05, 0) is 42.5 Å². The molecule has 5 rings (SSSR count). The van der Waals surface area contributed by atoms with E-state index in [0.717, 1.165) is 35.8 Å². The minimum absolute atomic E-state index is 0.120. The molecule has 0 aromatic heterocycles. The van der Waals surface area contributed by atoms with E-state index in [1.54, 1.807) is 0 Å². The minimum atomic E-state index is -0.329. The van der Waals surface area contributed by atoms with Crippen LogP contribution in [0.3, 0.4) is 0 Å². The molecular weight excluding hydrogens is 350 g/mol. The lowest BCUT2D eigenvalue weighted by molar-refractivity contribution is 0.388. The first-order valence-corrected chi connectivity index (χ1v) is 10.0. The smallest absolute Gasteiger partial charge is 0.523 e. The van der Waals surface area contributed by atoms with E-state index in [-0.39, 0.29) is 31.3 Å². The number of benzene rings is 2. The van der Waals surface area contributed by atoms with Crippen molar-refractivity contribution in [2.24, 2.45) is 5.41 Å². The van der Waals surface area contributed by atoms with Gasteiger partial charge in [-0.1, -0.05) is 56.7 Å². The Hall–Kier alpha value is -2.49. The number of para-hydroxylation sites is 4. The van der Waals surface area contributed by atoms with E-state index in [9.17, 15) is 0 Å². The molecule has 0 unspecified atom stereocenters. The van der Waals surface area contributed by atoms with E-state index in [1.807, 2.05) is 48.5 Å². The normalized spacial score (nSPS) is 23.0. The van der Waals surface area contributed by atoms with Gasteiger partial charge in [-0.2, -0.15) is 0 Å². The van der Waals surface area contributed by atoms with Crippen LogP contribution >= 0.6 is 0 Å². The average Bonchev–Trinajstić information content (AvgIpc) is 3.30. The van der Waals surface area contributed by atoms with Crippen molar-refractivity contribution in [1.82, 2.24) is 0 Å². The Bertz CT molecular complexity index is 871. The Labute approximate surface area is 167 Å². The summed E-state index contributed by atoms with van der Waals surface area (Å²) >= 11 is 0. The van der Waals surface area contributed by atoms with Gasteiger partial charge in [0.05, 0.1) is 0 Å². The fraction of sp³-hybridized carbons (Fsp3) is 0.364. The molecule has 2 atom stereocenters. The largest absolute Gasteiger partial charge is 0.598 e. The van der Waals surface area contributed by atoms with Crippen LogP contribution in [0.25, 0.3) is 0 Å². The third kappa shape index (κ3) is 3.05. The van der Waals surface area contributed by atoms with Gasteiger partial charge < -0.3 is 18.6 Å². The summed E-state index contributed by atoms with van der Waals surface area (Å²) in [7, 11) is -0.652. The number of rotatable bonds is 2. The van der Waals surface area contributed by atoms with Crippen LogP contribution < -0.4 is 18.6 Å². The van der Waals surface area contributed by atoms with Crippen LogP contribution in [0.15, 0.2) is 60.2 Å². The Morgan fingerprint density at radius 3 is 1.57 bits per heavy atom. The van der Waals surface area contributed by atoms with Gasteiger partial charge in [-0.25, -0.2) is 0 Å². The Kier molecular flexibility index (Phi) is 4.11. The molecule has 0 amide bonds. The molecule has 0 saturated heterocycles. The average molecular weight is 374 g/mol. The van der Waals surface area contributed by atoms with Gasteiger partial charge in [0.2, 0.25) is 0 Å². The molecular formula is C22H24B2O4. The molecule has 4 nitrogen and oxygen atoms in total. The van der Waals surface area contributed by atoms with E-state index in [2.05, 4.69) is 26.8 Å². The summed E-state index contributed by atoms with van der Waals surface area (Å²) in [6.45, 7) is 6.79. The fourth-order valence-corrected chi connectivity index (χ4v) is 4.35. The highest BCUT2D eigenvalue weighted by molar-refractivity contribution is 6.57. The van der Waals surface area contributed by atoms with Crippen molar-refractivity contribution in [1.29, 1.82) is 0 Å². The summed E-state index contributed by atoms with van der Waals surface area (Å²) in [4.78, 5) is 0. The summed E-state index contributed by atoms with van der Waals surface area (Å²) in [6.07, 6.45) is 4.15. The molecule has 28 heavy (non-hydrogen) atoms. The Morgan fingerprint density at radius 1 is 0.714 bits per heavy atom. The lowest BCUT2D eigenvalue weighted by Crippen LogP contribution is -2.43. The highest BCUT2D eigenvalue weighted by Gasteiger charge is 2.54. The quantitative estimate of drug-likeness (QED) is 0.520. The Morgan fingerprint density at radius 2 is 1.14 bits per heavy atom. The molecule has 2 aromatic carbocycles. The predicted molar refractivity (Wildman–Crippen MR) is 111 cm³/mol. The van der Waals surface area contributed by atoms with Gasteiger partial charge in [0, 0.05) is 11.6 Å². The molecule has 6 heteroatoms. The van der Waals surface area contributed by atoms with Crippen LogP contribution in [-0.2, 0) is 0 Å². The molecule has 3 aliphatic rings. The Balaban J connectivity index is 1.43. The monoisotopic (exact) mass is 374 g/mol. The van der Waals surface area contributed by atoms with E-state index < -0.39 is 0 Å². The molecule has 0 N–H and O–H groups in total. The summed E-state index contributed by atoms with van der Waals surface area (Å²) in [6, 6.07) is 15.7. The minimum Gasteiger partial charge on any atom is -0.523 e. The van der Waals surface area contributed by atoms with Crippen LogP contribution in [0.1, 0.15) is 33.6 Å². The highest BCUT2D eigenvalue weighted by Crippen LogP contribution is 2.51. The van der Waals surface area contributed by atoms with Crippen LogP contribution in [-0.4, -0.2) is 14.2 Å². The highest BCUT2D eigenvalue weighted by atomic mass is 16.6. The topological polar surface area (TPSA) is 36.9 Å². The zero-order valence-corrected chi connectivity index (χ0v) is 16.6. The number of fused-ring (bicyclic) bond motifs is 2. The van der Waals surface area contributed by atoms with E-state index in [4.69, 9.17) is 18.6 Å². The number of hydrogen-bond donors (Lipinski definition) is 0. The molecule has 1 aliphatic carbocycles. The summed E-state index contributed by atoms with van der Waals surface area (Å²) in [5.41, 5.74) is 1.56. The van der Waals surface area contributed by atoms with Crippen molar-refractivity contribution < 1.29 is 18.6 Å². The fourth-order valence-electron chi connectivity index (χ4n) is 4.35. The molecule has 0 saturated carbocycles. The second kappa shape index (κ2) is 6.54. The molecule has 0 bridgehead atoms. The third-order valence-electron chi connectivity index (χ3n) is 5.98. The molecule has 2 aromatic rings. The van der Waals surface area contributed by atoms with Gasteiger partial charge in [0.15, 0.2) is 0 Å². The second-order valence-corrected chi connectivity index (χ2v) is 8.85. The molecule has 0 spiro atoms. The van der Waals surface area contributed by atoms with Gasteiger partial charge >= 0.3 is 14.2 Å². The van der Waals surface area contributed by atoms with Gasteiger partial charge in [-0.15, -0.1) is 0 Å². The molecule has 0 fully saturated rings. The number of hydrogen-bond acceptors (Lipinski definition) is 4. The zero-order valence-electron chi connectivity index (χ0n) is 16.6. The maximum Gasteiger partial charge on any atom is 0.598 e. The predicted octanol–water partition coefficient (Wildman–Crippen LogP) is 5.41. The molecule has 142 valence electrons. The lowest BCUT2D eigenvalue weighted by atomic mass is 9.48. The van der Waals surface area contributed by atoms with Crippen molar-refractivity contribution in [2.45, 2.75) is 45.2 Å². The molecule has 2 aliphatic heterocycles. The van der Waals surface area contributed by atoms with Gasteiger partial charge in [0.25, 0.3) is 0 Å². The first-order chi connectivity index (χ1) is 13.5.